The first-order valence-electron chi connectivity index (χ1n) is 5.22. The maximum Gasteiger partial charge on any atom is 0.416 e. The third-order valence-corrected chi connectivity index (χ3v) is 2.14. The van der Waals surface area contributed by atoms with Crippen molar-refractivity contribution >= 4 is 6.03 Å². The first-order chi connectivity index (χ1) is 8.43. The Hall–Kier alpha value is -1.98. The lowest BCUT2D eigenvalue weighted by atomic mass is 10.1. The van der Waals surface area contributed by atoms with Crippen molar-refractivity contribution in [1.29, 1.82) is 0 Å². The van der Waals surface area contributed by atoms with Crippen LogP contribution < -0.4 is 10.6 Å². The van der Waals surface area contributed by atoms with Gasteiger partial charge in [-0.25, -0.2) is 4.79 Å². The molecule has 0 saturated carbocycles. The van der Waals surface area contributed by atoms with E-state index in [-0.39, 0.29) is 6.54 Å². The average molecular weight is 258 g/mol. The van der Waals surface area contributed by atoms with Crippen LogP contribution in [0.2, 0.25) is 0 Å². The van der Waals surface area contributed by atoms with Crippen molar-refractivity contribution < 1.29 is 18.0 Å². The Balaban J connectivity index is 2.49. The van der Waals surface area contributed by atoms with E-state index in [1.807, 2.05) is 0 Å². The number of amides is 2. The zero-order valence-electron chi connectivity index (χ0n) is 9.55. The van der Waals surface area contributed by atoms with Gasteiger partial charge >= 0.3 is 12.2 Å². The molecule has 6 heteroatoms. The lowest BCUT2D eigenvalue weighted by Gasteiger charge is -2.08. The fourth-order valence-electron chi connectivity index (χ4n) is 1.22. The Labute approximate surface area is 103 Å². The number of rotatable bonds is 4. The van der Waals surface area contributed by atoms with Crippen LogP contribution in [0.25, 0.3) is 0 Å². The van der Waals surface area contributed by atoms with Gasteiger partial charge in [-0.3, -0.25) is 0 Å². The van der Waals surface area contributed by atoms with Gasteiger partial charge in [-0.1, -0.05) is 18.2 Å². The maximum atomic E-state index is 12.3. The molecule has 0 aromatic heterocycles. The fraction of sp³-hybridized carbons (Fsp3) is 0.250. The van der Waals surface area contributed by atoms with E-state index in [4.69, 9.17) is 0 Å². The Morgan fingerprint density at radius 2 is 1.83 bits per heavy atom. The normalized spacial score (nSPS) is 10.8. The van der Waals surface area contributed by atoms with Crippen LogP contribution in [-0.4, -0.2) is 12.6 Å². The summed E-state index contributed by atoms with van der Waals surface area (Å²) in [6, 6.07) is 4.24. The van der Waals surface area contributed by atoms with Gasteiger partial charge in [0.1, 0.15) is 0 Å². The summed E-state index contributed by atoms with van der Waals surface area (Å²) in [5.41, 5.74) is -0.112. The molecule has 0 atom stereocenters. The minimum atomic E-state index is -4.34. The molecule has 1 rings (SSSR count). The number of halogens is 3. The number of carbonyl (C=O) groups excluding carboxylic acids is 1. The molecule has 0 aliphatic carbocycles. The average Bonchev–Trinajstić information content (AvgIpc) is 2.33. The van der Waals surface area contributed by atoms with Crippen LogP contribution in [0.15, 0.2) is 36.9 Å². The Kier molecular flexibility index (Phi) is 4.76. The van der Waals surface area contributed by atoms with E-state index in [0.29, 0.717) is 12.1 Å². The predicted molar refractivity (Wildman–Crippen MR) is 61.9 cm³/mol. The monoisotopic (exact) mass is 258 g/mol. The molecule has 2 N–H and O–H groups in total. The van der Waals surface area contributed by atoms with Gasteiger partial charge in [0, 0.05) is 13.1 Å². The Morgan fingerprint density at radius 1 is 1.22 bits per heavy atom. The molecule has 0 radical (unpaired) electrons. The summed E-state index contributed by atoms with van der Waals surface area (Å²) in [5.74, 6) is 0. The molecule has 0 aliphatic rings. The molecule has 18 heavy (non-hydrogen) atoms. The van der Waals surface area contributed by atoms with Crippen molar-refractivity contribution in [3.8, 4) is 0 Å². The zero-order chi connectivity index (χ0) is 13.6. The van der Waals surface area contributed by atoms with Gasteiger partial charge in [-0.05, 0) is 17.7 Å². The fourth-order valence-corrected chi connectivity index (χ4v) is 1.22. The number of nitrogens with one attached hydrogen (secondary N) is 2. The third kappa shape index (κ3) is 4.48. The van der Waals surface area contributed by atoms with Crippen molar-refractivity contribution in [2.24, 2.45) is 0 Å². The van der Waals surface area contributed by atoms with Crippen molar-refractivity contribution in [2.75, 3.05) is 6.54 Å². The highest BCUT2D eigenvalue weighted by Crippen LogP contribution is 2.28. The van der Waals surface area contributed by atoms with Crippen LogP contribution in [-0.2, 0) is 12.7 Å². The van der Waals surface area contributed by atoms with Gasteiger partial charge in [0.05, 0.1) is 5.56 Å². The molecule has 98 valence electrons. The van der Waals surface area contributed by atoms with Gasteiger partial charge in [0.2, 0.25) is 0 Å². The quantitative estimate of drug-likeness (QED) is 0.801. The van der Waals surface area contributed by atoms with Gasteiger partial charge in [-0.2, -0.15) is 13.2 Å². The molecule has 1 aromatic carbocycles. The van der Waals surface area contributed by atoms with E-state index in [0.717, 1.165) is 12.1 Å². The molecule has 1 aromatic rings. The summed E-state index contributed by atoms with van der Waals surface area (Å²) in [4.78, 5) is 11.2. The van der Waals surface area contributed by atoms with Gasteiger partial charge in [-0.15, -0.1) is 6.58 Å². The van der Waals surface area contributed by atoms with Crippen LogP contribution >= 0.6 is 0 Å². The number of urea groups is 1. The predicted octanol–water partition coefficient (Wildman–Crippen LogP) is 2.69. The van der Waals surface area contributed by atoms with Crippen LogP contribution in [0.1, 0.15) is 11.1 Å². The highest BCUT2D eigenvalue weighted by atomic mass is 19.4. The van der Waals surface area contributed by atoms with E-state index in [1.54, 1.807) is 0 Å². The second-order valence-electron chi connectivity index (χ2n) is 3.55. The number of alkyl halides is 3. The molecule has 0 bridgehead atoms. The molecule has 2 amide bonds. The first kappa shape index (κ1) is 14.1. The standard InChI is InChI=1S/C12H13F3N2O/c1-2-7-16-11(18)17-8-9-3-5-10(6-4-9)12(13,14)15/h2-6H,1,7-8H2,(H2,16,17,18). The summed E-state index contributed by atoms with van der Waals surface area (Å²) >= 11 is 0. The second kappa shape index (κ2) is 6.09. The van der Waals surface area contributed by atoms with Crippen molar-refractivity contribution in [2.45, 2.75) is 12.7 Å². The summed E-state index contributed by atoms with van der Waals surface area (Å²) in [7, 11) is 0. The highest BCUT2D eigenvalue weighted by molar-refractivity contribution is 5.73. The summed E-state index contributed by atoms with van der Waals surface area (Å²) < 4.78 is 36.9. The smallest absolute Gasteiger partial charge is 0.335 e. The summed E-state index contributed by atoms with van der Waals surface area (Å²) in [6.07, 6.45) is -2.81. The largest absolute Gasteiger partial charge is 0.416 e. The third-order valence-electron chi connectivity index (χ3n) is 2.14. The minimum absolute atomic E-state index is 0.168. The van der Waals surface area contributed by atoms with Gasteiger partial charge in [0.25, 0.3) is 0 Å². The Morgan fingerprint density at radius 3 is 2.33 bits per heavy atom. The molecule has 0 fully saturated rings. The van der Waals surface area contributed by atoms with Crippen molar-refractivity contribution in [1.82, 2.24) is 10.6 Å². The van der Waals surface area contributed by atoms with E-state index in [9.17, 15) is 18.0 Å². The maximum absolute atomic E-state index is 12.3. The SMILES string of the molecule is C=CCNC(=O)NCc1ccc(C(F)(F)F)cc1. The van der Waals surface area contributed by atoms with Crippen LogP contribution in [0.3, 0.4) is 0 Å². The lowest BCUT2D eigenvalue weighted by molar-refractivity contribution is -0.137. The van der Waals surface area contributed by atoms with Crippen LogP contribution in [0.5, 0.6) is 0 Å². The molecule has 0 heterocycles. The lowest BCUT2D eigenvalue weighted by Crippen LogP contribution is -2.34. The molecule has 3 nitrogen and oxygen atoms in total. The topological polar surface area (TPSA) is 41.1 Å². The van der Waals surface area contributed by atoms with Gasteiger partial charge < -0.3 is 10.6 Å². The van der Waals surface area contributed by atoms with E-state index >= 15 is 0 Å². The van der Waals surface area contributed by atoms with Gasteiger partial charge in [0.15, 0.2) is 0 Å². The summed E-state index contributed by atoms with van der Waals surface area (Å²) in [6.45, 7) is 3.93. The van der Waals surface area contributed by atoms with E-state index < -0.39 is 17.8 Å². The summed E-state index contributed by atoms with van der Waals surface area (Å²) in [5, 5.41) is 5.00. The van der Waals surface area contributed by atoms with Crippen LogP contribution in [0.4, 0.5) is 18.0 Å². The number of carbonyl (C=O) groups is 1. The van der Waals surface area contributed by atoms with E-state index in [1.165, 1.54) is 18.2 Å². The number of hydrogen-bond acceptors (Lipinski definition) is 1. The molecule has 0 unspecified atom stereocenters. The highest BCUT2D eigenvalue weighted by Gasteiger charge is 2.29. The van der Waals surface area contributed by atoms with E-state index in [2.05, 4.69) is 17.2 Å². The Bertz CT molecular complexity index is 412. The zero-order valence-corrected chi connectivity index (χ0v) is 9.55. The molecule has 0 aliphatic heterocycles. The van der Waals surface area contributed by atoms with Crippen LogP contribution in [0, 0.1) is 0 Å². The van der Waals surface area contributed by atoms with Crippen molar-refractivity contribution in [3.05, 3.63) is 48.0 Å². The van der Waals surface area contributed by atoms with Crippen molar-refractivity contribution in [3.63, 3.8) is 0 Å². The minimum Gasteiger partial charge on any atom is -0.335 e. The number of hydrogen-bond donors (Lipinski definition) is 2. The molecule has 0 saturated heterocycles. The first-order valence-corrected chi connectivity index (χ1v) is 5.22. The number of benzene rings is 1. The second-order valence-corrected chi connectivity index (χ2v) is 3.55. The molecular weight excluding hydrogens is 245 g/mol. The molecular formula is C12H13F3N2O. The molecule has 0 spiro atoms.